The second kappa shape index (κ2) is 8.86. The van der Waals surface area contributed by atoms with Crippen molar-refractivity contribution in [2.75, 3.05) is 13.1 Å². The third-order valence-electron chi connectivity index (χ3n) is 3.68. The number of unbranched alkanes of at least 4 members (excludes halogenated alkanes) is 1. The van der Waals surface area contributed by atoms with Gasteiger partial charge in [0.25, 0.3) is 0 Å². The number of nitrogens with one attached hydrogen (secondary N) is 1. The van der Waals surface area contributed by atoms with Crippen LogP contribution in [0.2, 0.25) is 0 Å². The molecule has 0 aromatic heterocycles. The van der Waals surface area contributed by atoms with Crippen molar-refractivity contribution in [2.45, 2.75) is 70.6 Å². The van der Waals surface area contributed by atoms with E-state index >= 15 is 0 Å². The molecule has 1 aliphatic heterocycles. The fraction of sp³-hybridized carbons (Fsp3) is 0.812. The minimum absolute atomic E-state index is 0.220. The van der Waals surface area contributed by atoms with Gasteiger partial charge in [-0.15, -0.1) is 0 Å². The van der Waals surface area contributed by atoms with Crippen LogP contribution in [0.25, 0.3) is 0 Å². The Kier molecular flexibility index (Phi) is 7.48. The van der Waals surface area contributed by atoms with Crippen molar-refractivity contribution < 1.29 is 19.1 Å². The van der Waals surface area contributed by atoms with Crippen LogP contribution in [-0.2, 0) is 14.3 Å². The average Bonchev–Trinajstić information content (AvgIpc) is 2.92. The Balaban J connectivity index is 2.72. The average molecular weight is 327 g/mol. The molecule has 3 N–H and O–H groups in total. The van der Waals surface area contributed by atoms with E-state index in [0.29, 0.717) is 25.9 Å². The molecule has 1 heterocycles. The number of likely N-dealkylation sites (tertiary alicyclic amines) is 1. The minimum atomic E-state index is -0.683. The molecule has 7 heteroatoms. The predicted octanol–water partition coefficient (Wildman–Crippen LogP) is 1.20. The summed E-state index contributed by atoms with van der Waals surface area (Å²) in [5.41, 5.74) is 4.86. The van der Waals surface area contributed by atoms with Crippen molar-refractivity contribution >= 4 is 18.3 Å². The number of amides is 2. The molecule has 2 atom stereocenters. The van der Waals surface area contributed by atoms with Crippen LogP contribution >= 0.6 is 0 Å². The van der Waals surface area contributed by atoms with Crippen LogP contribution in [-0.4, -0.2) is 54.0 Å². The zero-order valence-electron chi connectivity index (χ0n) is 14.3. The Labute approximate surface area is 137 Å². The molecule has 0 aliphatic carbocycles. The van der Waals surface area contributed by atoms with Gasteiger partial charge < -0.3 is 25.5 Å². The van der Waals surface area contributed by atoms with Gasteiger partial charge in [-0.1, -0.05) is 0 Å². The van der Waals surface area contributed by atoms with E-state index in [1.54, 1.807) is 25.7 Å². The van der Waals surface area contributed by atoms with Gasteiger partial charge >= 0.3 is 6.09 Å². The number of alkyl carbamates (subject to hydrolysis) is 1. The topological polar surface area (TPSA) is 102 Å². The molecule has 1 rings (SSSR count). The molecule has 7 nitrogen and oxygen atoms in total. The van der Waals surface area contributed by atoms with Crippen LogP contribution in [0.15, 0.2) is 0 Å². The number of nitrogens with zero attached hydrogens (tertiary/aromatic N) is 1. The Morgan fingerprint density at radius 2 is 2.09 bits per heavy atom. The molecule has 0 aromatic carbocycles. The molecule has 0 spiro atoms. The molecule has 132 valence electrons. The maximum atomic E-state index is 12.7. The highest BCUT2D eigenvalue weighted by Crippen LogP contribution is 2.18. The van der Waals surface area contributed by atoms with E-state index in [2.05, 4.69) is 5.32 Å². The molecule has 1 fully saturated rings. The quantitative estimate of drug-likeness (QED) is 0.540. The fourth-order valence-corrected chi connectivity index (χ4v) is 2.61. The van der Waals surface area contributed by atoms with Gasteiger partial charge in [-0.3, -0.25) is 4.79 Å². The number of ether oxygens (including phenoxy) is 1. The fourth-order valence-electron chi connectivity index (χ4n) is 2.61. The highest BCUT2D eigenvalue weighted by atomic mass is 16.6. The third-order valence-corrected chi connectivity index (χ3v) is 3.68. The Bertz CT molecular complexity index is 420. The number of hydrogen-bond donors (Lipinski definition) is 2. The lowest BCUT2D eigenvalue weighted by molar-refractivity contribution is -0.136. The second-order valence-corrected chi connectivity index (χ2v) is 6.86. The van der Waals surface area contributed by atoms with Gasteiger partial charge in [-0.05, 0) is 59.4 Å². The summed E-state index contributed by atoms with van der Waals surface area (Å²) in [6, 6.07) is -1.07. The van der Waals surface area contributed by atoms with Crippen LogP contribution in [0, 0.1) is 0 Å². The van der Waals surface area contributed by atoms with Crippen molar-refractivity contribution in [3.05, 3.63) is 0 Å². The van der Waals surface area contributed by atoms with Gasteiger partial charge in [0, 0.05) is 6.54 Å². The van der Waals surface area contributed by atoms with E-state index in [-0.39, 0.29) is 11.9 Å². The predicted molar refractivity (Wildman–Crippen MR) is 86.9 cm³/mol. The molecule has 0 saturated carbocycles. The first-order valence-electron chi connectivity index (χ1n) is 8.24. The summed E-state index contributed by atoms with van der Waals surface area (Å²) in [5, 5.41) is 2.64. The molecule has 0 unspecified atom stereocenters. The van der Waals surface area contributed by atoms with Crippen LogP contribution in [0.4, 0.5) is 4.79 Å². The summed E-state index contributed by atoms with van der Waals surface area (Å²) in [6.45, 7) is 6.38. The second-order valence-electron chi connectivity index (χ2n) is 6.86. The number of aldehydes is 1. The van der Waals surface area contributed by atoms with Crippen molar-refractivity contribution in [2.24, 2.45) is 5.73 Å². The molecule has 1 saturated heterocycles. The number of hydrogen-bond acceptors (Lipinski definition) is 5. The SMILES string of the molecule is CC(C)(C)OC(=O)N[C@@H](CCCCN)C(=O)N1CCC[C@H]1C=O. The maximum absolute atomic E-state index is 12.7. The number of nitrogens with two attached hydrogens (primary N) is 1. The monoisotopic (exact) mass is 327 g/mol. The largest absolute Gasteiger partial charge is 0.444 e. The number of carbonyl (C=O) groups excluding carboxylic acids is 3. The van der Waals surface area contributed by atoms with E-state index in [0.717, 1.165) is 25.5 Å². The summed E-state index contributed by atoms with van der Waals surface area (Å²) in [7, 11) is 0. The van der Waals surface area contributed by atoms with E-state index in [4.69, 9.17) is 10.5 Å². The summed E-state index contributed by atoms with van der Waals surface area (Å²) in [4.78, 5) is 37.3. The van der Waals surface area contributed by atoms with Crippen molar-refractivity contribution in [1.29, 1.82) is 0 Å². The molecule has 0 bridgehead atoms. The standard InChI is InChI=1S/C16H29N3O4/c1-16(2,3)23-15(22)18-13(8-4-5-9-17)14(21)19-10-6-7-12(19)11-20/h11-13H,4-10,17H2,1-3H3,(H,18,22)/t12-,13-/m0/s1. The van der Waals surface area contributed by atoms with E-state index in [1.807, 2.05) is 0 Å². The van der Waals surface area contributed by atoms with Crippen LogP contribution in [0.1, 0.15) is 52.9 Å². The lowest BCUT2D eigenvalue weighted by Crippen LogP contribution is -2.51. The molecule has 0 radical (unpaired) electrons. The zero-order chi connectivity index (χ0) is 17.5. The van der Waals surface area contributed by atoms with E-state index < -0.39 is 17.7 Å². The minimum Gasteiger partial charge on any atom is -0.444 e. The molecular weight excluding hydrogens is 298 g/mol. The molecule has 1 aliphatic rings. The lowest BCUT2D eigenvalue weighted by atomic mass is 10.1. The Hall–Kier alpha value is -1.63. The first kappa shape index (κ1) is 19.4. The molecule has 2 amide bonds. The first-order chi connectivity index (χ1) is 10.8. The Morgan fingerprint density at radius 1 is 1.39 bits per heavy atom. The number of carbonyl (C=O) groups is 3. The van der Waals surface area contributed by atoms with Gasteiger partial charge in [0.1, 0.15) is 17.9 Å². The van der Waals surface area contributed by atoms with Crippen molar-refractivity contribution in [3.8, 4) is 0 Å². The lowest BCUT2D eigenvalue weighted by Gasteiger charge is -2.28. The van der Waals surface area contributed by atoms with E-state index in [1.165, 1.54) is 0 Å². The summed E-state index contributed by atoms with van der Waals surface area (Å²) >= 11 is 0. The highest BCUT2D eigenvalue weighted by molar-refractivity contribution is 5.88. The normalized spacial score (nSPS) is 19.3. The van der Waals surface area contributed by atoms with Gasteiger partial charge in [0.15, 0.2) is 0 Å². The van der Waals surface area contributed by atoms with Crippen LogP contribution < -0.4 is 11.1 Å². The van der Waals surface area contributed by atoms with Gasteiger partial charge in [0.2, 0.25) is 5.91 Å². The van der Waals surface area contributed by atoms with Gasteiger partial charge in [0.05, 0.1) is 6.04 Å². The third kappa shape index (κ3) is 6.56. The van der Waals surface area contributed by atoms with Crippen molar-refractivity contribution in [1.82, 2.24) is 10.2 Å². The van der Waals surface area contributed by atoms with Crippen molar-refractivity contribution in [3.63, 3.8) is 0 Å². The summed E-state index contributed by atoms with van der Waals surface area (Å²) < 4.78 is 5.23. The molecule has 0 aromatic rings. The highest BCUT2D eigenvalue weighted by Gasteiger charge is 2.34. The van der Waals surface area contributed by atoms with E-state index in [9.17, 15) is 14.4 Å². The van der Waals surface area contributed by atoms with Gasteiger partial charge in [-0.25, -0.2) is 4.79 Å². The summed E-state index contributed by atoms with van der Waals surface area (Å²) in [6.07, 6.45) is 3.64. The first-order valence-corrected chi connectivity index (χ1v) is 8.24. The Morgan fingerprint density at radius 3 is 2.65 bits per heavy atom. The number of rotatable bonds is 7. The zero-order valence-corrected chi connectivity index (χ0v) is 14.3. The smallest absolute Gasteiger partial charge is 0.408 e. The summed E-state index contributed by atoms with van der Waals surface area (Å²) in [5.74, 6) is -0.220. The van der Waals surface area contributed by atoms with Gasteiger partial charge in [-0.2, -0.15) is 0 Å². The van der Waals surface area contributed by atoms with Crippen LogP contribution in [0.3, 0.4) is 0 Å². The molecular formula is C16H29N3O4. The van der Waals surface area contributed by atoms with Crippen LogP contribution in [0.5, 0.6) is 0 Å². The maximum Gasteiger partial charge on any atom is 0.408 e. The molecule has 23 heavy (non-hydrogen) atoms.